The van der Waals surface area contributed by atoms with Gasteiger partial charge in [0.25, 0.3) is 0 Å². The van der Waals surface area contributed by atoms with Gasteiger partial charge < -0.3 is 20.1 Å². The summed E-state index contributed by atoms with van der Waals surface area (Å²) in [5, 5.41) is 32.6. The number of carboxylic acids is 1. The summed E-state index contributed by atoms with van der Waals surface area (Å²) < 4.78 is 0. The highest BCUT2D eigenvalue weighted by Crippen LogP contribution is 2.68. The van der Waals surface area contributed by atoms with Crippen molar-refractivity contribution in [1.82, 2.24) is 0 Å². The third-order valence-electron chi connectivity index (χ3n) is 10.3. The first-order valence-corrected chi connectivity index (χ1v) is 11.7. The Labute approximate surface area is 170 Å². The Bertz CT molecular complexity index is 605. The number of carbonyl (C=O) groups is 1. The lowest BCUT2D eigenvalue weighted by atomic mass is 9.43. The van der Waals surface area contributed by atoms with Crippen LogP contribution in [0.25, 0.3) is 0 Å². The predicted molar refractivity (Wildman–Crippen MR) is 106 cm³/mol. The molecule has 0 spiro atoms. The summed E-state index contributed by atoms with van der Waals surface area (Å²) in [5.41, 5.74) is 0.188. The summed E-state index contributed by atoms with van der Waals surface area (Å²) in [6.45, 7) is 6.94. The molecule has 4 aliphatic carbocycles. The zero-order chi connectivity index (χ0) is 20.3. The van der Waals surface area contributed by atoms with E-state index in [0.29, 0.717) is 41.9 Å². The van der Waals surface area contributed by atoms with Crippen LogP contribution < -0.4 is 5.11 Å². The van der Waals surface area contributed by atoms with Crippen LogP contribution in [0, 0.1) is 46.3 Å². The van der Waals surface area contributed by atoms with E-state index in [9.17, 15) is 20.1 Å². The molecule has 0 radical (unpaired) electrons. The molecule has 0 heterocycles. The molecule has 160 valence electrons. The Balaban J connectivity index is 1.56. The normalized spacial score (nSPS) is 51.7. The number of carbonyl (C=O) groups excluding carboxylic acids is 1. The average Bonchev–Trinajstić information content (AvgIpc) is 3.00. The van der Waals surface area contributed by atoms with E-state index in [-0.39, 0.29) is 29.5 Å². The van der Waals surface area contributed by atoms with Crippen molar-refractivity contribution in [3.63, 3.8) is 0 Å². The van der Waals surface area contributed by atoms with Gasteiger partial charge in [-0.15, -0.1) is 0 Å². The molecule has 4 fully saturated rings. The molecule has 4 heteroatoms. The lowest BCUT2D eigenvalue weighted by molar-refractivity contribution is -0.306. The first-order valence-electron chi connectivity index (χ1n) is 11.7. The number of carboxylic acid groups (broad SMARTS) is 1. The van der Waals surface area contributed by atoms with Crippen molar-refractivity contribution in [2.45, 2.75) is 97.2 Å². The van der Waals surface area contributed by atoms with Crippen molar-refractivity contribution in [2.24, 2.45) is 46.3 Å². The number of rotatable bonds is 4. The zero-order valence-electron chi connectivity index (χ0n) is 17.9. The average molecular weight is 392 g/mol. The van der Waals surface area contributed by atoms with Crippen LogP contribution in [0.5, 0.6) is 0 Å². The van der Waals surface area contributed by atoms with Crippen molar-refractivity contribution in [3.8, 4) is 0 Å². The fourth-order valence-corrected chi connectivity index (χ4v) is 8.71. The first kappa shape index (κ1) is 20.7. The monoisotopic (exact) mass is 391 g/mol. The molecule has 10 atom stereocenters. The van der Waals surface area contributed by atoms with E-state index in [1.54, 1.807) is 0 Å². The molecule has 0 aromatic carbocycles. The molecular formula is C24H39O4-. The van der Waals surface area contributed by atoms with Crippen LogP contribution in [0.2, 0.25) is 0 Å². The zero-order valence-corrected chi connectivity index (χ0v) is 17.9. The Kier molecular flexibility index (Phi) is 5.36. The van der Waals surface area contributed by atoms with Crippen LogP contribution in [0.3, 0.4) is 0 Å². The molecule has 28 heavy (non-hydrogen) atoms. The Morgan fingerprint density at radius 1 is 1.07 bits per heavy atom. The molecule has 4 saturated carbocycles. The van der Waals surface area contributed by atoms with Gasteiger partial charge in [-0.2, -0.15) is 0 Å². The van der Waals surface area contributed by atoms with E-state index in [4.69, 9.17) is 0 Å². The summed E-state index contributed by atoms with van der Waals surface area (Å²) in [4.78, 5) is 10.9. The minimum Gasteiger partial charge on any atom is -0.550 e. The third kappa shape index (κ3) is 3.05. The molecule has 4 aliphatic rings. The highest BCUT2D eigenvalue weighted by atomic mass is 16.4. The maximum Gasteiger partial charge on any atom is 0.0602 e. The predicted octanol–water partition coefficient (Wildman–Crippen LogP) is 3.14. The number of aliphatic carboxylic acids is 1. The van der Waals surface area contributed by atoms with Crippen LogP contribution >= 0.6 is 0 Å². The molecular weight excluding hydrogens is 352 g/mol. The van der Waals surface area contributed by atoms with Crippen molar-refractivity contribution in [3.05, 3.63) is 0 Å². The molecule has 0 bridgehead atoms. The number of fused-ring (bicyclic) bond motifs is 5. The fourth-order valence-electron chi connectivity index (χ4n) is 8.71. The van der Waals surface area contributed by atoms with Gasteiger partial charge in [-0.3, -0.25) is 0 Å². The summed E-state index contributed by atoms with van der Waals surface area (Å²) in [6, 6.07) is 0. The van der Waals surface area contributed by atoms with Crippen molar-refractivity contribution in [2.75, 3.05) is 0 Å². The molecule has 0 amide bonds. The molecule has 0 aliphatic heterocycles. The summed E-state index contributed by atoms with van der Waals surface area (Å²) in [5.74, 6) is 2.19. The van der Waals surface area contributed by atoms with Gasteiger partial charge in [0.2, 0.25) is 0 Å². The lowest BCUT2D eigenvalue weighted by Crippen LogP contribution is -2.58. The summed E-state index contributed by atoms with van der Waals surface area (Å²) in [6.07, 6.45) is 8.98. The van der Waals surface area contributed by atoms with Gasteiger partial charge in [0.1, 0.15) is 0 Å². The Hall–Kier alpha value is -0.610. The number of hydrogen-bond donors (Lipinski definition) is 2. The quantitative estimate of drug-likeness (QED) is 0.771. The third-order valence-corrected chi connectivity index (χ3v) is 10.3. The molecule has 0 aromatic rings. The SMILES string of the molecule is C[C@H](CCC(=O)[O-])[C@@H]1CC[C@H]2[C@H]3CC[C@H]4C[C@@H](O)CC[C@]4(C)[C@H]3C[C@@H](O)[C@@]21C. The smallest absolute Gasteiger partial charge is 0.0602 e. The summed E-state index contributed by atoms with van der Waals surface area (Å²) in [7, 11) is 0. The first-order chi connectivity index (χ1) is 13.2. The van der Waals surface area contributed by atoms with Crippen LogP contribution in [0.1, 0.15) is 85.0 Å². The van der Waals surface area contributed by atoms with Crippen LogP contribution in [0.4, 0.5) is 0 Å². The largest absolute Gasteiger partial charge is 0.550 e. The second kappa shape index (κ2) is 7.27. The van der Waals surface area contributed by atoms with Crippen LogP contribution in [0.15, 0.2) is 0 Å². The second-order valence-corrected chi connectivity index (χ2v) is 11.3. The topological polar surface area (TPSA) is 80.6 Å². The van der Waals surface area contributed by atoms with E-state index in [1.807, 2.05) is 0 Å². The van der Waals surface area contributed by atoms with E-state index in [0.717, 1.165) is 32.1 Å². The van der Waals surface area contributed by atoms with E-state index in [2.05, 4.69) is 20.8 Å². The summed E-state index contributed by atoms with van der Waals surface area (Å²) >= 11 is 0. The van der Waals surface area contributed by atoms with Crippen molar-refractivity contribution in [1.29, 1.82) is 0 Å². The van der Waals surface area contributed by atoms with Gasteiger partial charge in [-0.05, 0) is 111 Å². The standard InChI is InChI=1S/C24H40O4/c1-14(4-9-22(27)28)18-7-8-19-17-6-5-15-12-16(25)10-11-23(15,2)20(17)13-21(26)24(18,19)3/h14-21,25-26H,4-13H2,1-3H3,(H,27,28)/p-1/t14-,15+,16+,17-,18+,19+,20+,21-,23+,24-/m1/s1. The van der Waals surface area contributed by atoms with Gasteiger partial charge in [0.05, 0.1) is 12.2 Å². The van der Waals surface area contributed by atoms with Gasteiger partial charge in [-0.25, -0.2) is 0 Å². The molecule has 0 unspecified atom stereocenters. The Morgan fingerprint density at radius 2 is 1.82 bits per heavy atom. The fraction of sp³-hybridized carbons (Fsp3) is 0.958. The number of aliphatic hydroxyl groups excluding tert-OH is 2. The van der Waals surface area contributed by atoms with Crippen molar-refractivity contribution < 1.29 is 20.1 Å². The number of hydrogen-bond acceptors (Lipinski definition) is 4. The minimum atomic E-state index is -0.957. The molecule has 2 N–H and O–H groups in total. The maximum atomic E-state index is 11.5. The highest BCUT2D eigenvalue weighted by molar-refractivity contribution is 5.64. The molecule has 4 nitrogen and oxygen atoms in total. The molecule has 0 saturated heterocycles. The molecule has 0 aromatic heterocycles. The van der Waals surface area contributed by atoms with Gasteiger partial charge in [0, 0.05) is 5.97 Å². The van der Waals surface area contributed by atoms with Crippen molar-refractivity contribution >= 4 is 5.97 Å². The second-order valence-electron chi connectivity index (χ2n) is 11.3. The van der Waals surface area contributed by atoms with Gasteiger partial charge in [0.15, 0.2) is 0 Å². The van der Waals surface area contributed by atoms with Crippen LogP contribution in [-0.2, 0) is 4.79 Å². The van der Waals surface area contributed by atoms with E-state index in [1.165, 1.54) is 19.3 Å². The van der Waals surface area contributed by atoms with E-state index >= 15 is 0 Å². The highest BCUT2D eigenvalue weighted by Gasteiger charge is 2.63. The minimum absolute atomic E-state index is 0.0795. The maximum absolute atomic E-state index is 11.5. The van der Waals surface area contributed by atoms with E-state index < -0.39 is 5.97 Å². The molecule has 4 rings (SSSR count). The van der Waals surface area contributed by atoms with Crippen LogP contribution in [-0.4, -0.2) is 28.4 Å². The van der Waals surface area contributed by atoms with Gasteiger partial charge in [-0.1, -0.05) is 20.8 Å². The van der Waals surface area contributed by atoms with Gasteiger partial charge >= 0.3 is 0 Å². The Morgan fingerprint density at radius 3 is 2.54 bits per heavy atom. The lowest BCUT2D eigenvalue weighted by Gasteiger charge is -2.62. The number of aliphatic hydroxyl groups is 2.